The lowest BCUT2D eigenvalue weighted by atomic mass is 9.74. The molecule has 2 aliphatic rings. The molecule has 2 aromatic rings. The van der Waals surface area contributed by atoms with Crippen LogP contribution in [0.25, 0.3) is 0 Å². The Morgan fingerprint density at radius 3 is 2.14 bits per heavy atom. The molecule has 1 atom stereocenters. The van der Waals surface area contributed by atoms with Gasteiger partial charge < -0.3 is 15.0 Å². The van der Waals surface area contributed by atoms with Crippen molar-refractivity contribution in [1.82, 2.24) is 10.2 Å². The number of benzene rings is 2. The number of rotatable bonds is 2. The second-order valence-corrected chi connectivity index (χ2v) is 8.97. The normalized spacial score (nSPS) is 20.4. The van der Waals surface area contributed by atoms with Crippen molar-refractivity contribution >= 4 is 23.6 Å². The molecule has 2 fully saturated rings. The van der Waals surface area contributed by atoms with Crippen LogP contribution in [0.4, 0.5) is 31.1 Å². The maximum absolute atomic E-state index is 13.2. The van der Waals surface area contributed by atoms with E-state index >= 15 is 0 Å². The van der Waals surface area contributed by atoms with E-state index in [9.17, 15) is 35.9 Å². The summed E-state index contributed by atoms with van der Waals surface area (Å²) in [5.74, 6) is -1.28. The molecule has 2 heterocycles. The van der Waals surface area contributed by atoms with E-state index in [0.717, 1.165) is 5.56 Å². The first-order valence-electron chi connectivity index (χ1n) is 10.6. The Hall–Kier alpha value is -2.95. The fourth-order valence-electron chi connectivity index (χ4n) is 4.61. The molecule has 2 aliphatic heterocycles. The predicted molar refractivity (Wildman–Crippen MR) is 113 cm³/mol. The van der Waals surface area contributed by atoms with Crippen molar-refractivity contribution in [3.05, 3.63) is 69.7 Å². The van der Waals surface area contributed by atoms with E-state index in [2.05, 4.69) is 5.32 Å². The minimum absolute atomic E-state index is 0.0218. The standard InChI is InChI=1S/C23H19ClF6N2O3/c24-17-3-1-2-13(10-17)18-12-31-20(34)35-21(18)4-6-32(7-5-21)19(33)14-8-15(22(25,26)27)11-16(9-14)23(28,29)30/h1-3,8-11,18H,4-7,12H2,(H,31,34). The Kier molecular flexibility index (Phi) is 6.41. The monoisotopic (exact) mass is 520 g/mol. The fraction of sp³-hybridized carbons (Fsp3) is 0.391. The number of carbonyl (C=O) groups excluding carboxylic acids is 2. The van der Waals surface area contributed by atoms with Gasteiger partial charge in [0.2, 0.25) is 0 Å². The van der Waals surface area contributed by atoms with Gasteiger partial charge in [0.15, 0.2) is 0 Å². The Balaban J connectivity index is 1.59. The number of hydrogen-bond donors (Lipinski definition) is 1. The van der Waals surface area contributed by atoms with Gasteiger partial charge in [-0.05, 0) is 35.9 Å². The Bertz CT molecular complexity index is 1110. The number of nitrogens with zero attached hydrogens (tertiary/aromatic N) is 1. The Morgan fingerprint density at radius 2 is 1.60 bits per heavy atom. The van der Waals surface area contributed by atoms with E-state index < -0.39 is 46.6 Å². The van der Waals surface area contributed by atoms with E-state index in [1.807, 2.05) is 6.07 Å². The van der Waals surface area contributed by atoms with Crippen molar-refractivity contribution in [2.45, 2.75) is 36.7 Å². The average Bonchev–Trinajstić information content (AvgIpc) is 2.78. The summed E-state index contributed by atoms with van der Waals surface area (Å²) in [4.78, 5) is 26.1. The quantitative estimate of drug-likeness (QED) is 0.503. The number of likely N-dealkylation sites (tertiary alicyclic amines) is 1. The van der Waals surface area contributed by atoms with E-state index in [4.69, 9.17) is 16.3 Å². The summed E-state index contributed by atoms with van der Waals surface area (Å²) in [6.07, 6.45) is -10.5. The molecule has 0 bridgehead atoms. The van der Waals surface area contributed by atoms with Gasteiger partial charge in [-0.25, -0.2) is 4.79 Å². The van der Waals surface area contributed by atoms with Gasteiger partial charge in [-0.3, -0.25) is 4.79 Å². The Labute approximate surface area is 201 Å². The van der Waals surface area contributed by atoms with Crippen LogP contribution < -0.4 is 5.32 Å². The van der Waals surface area contributed by atoms with Crippen molar-refractivity contribution < 1.29 is 40.7 Å². The molecule has 12 heteroatoms. The average molecular weight is 521 g/mol. The van der Waals surface area contributed by atoms with Crippen LogP contribution in [0.2, 0.25) is 5.02 Å². The van der Waals surface area contributed by atoms with Gasteiger partial charge in [0.1, 0.15) is 5.60 Å². The summed E-state index contributed by atoms with van der Waals surface area (Å²) in [5.41, 5.74) is -4.04. The number of ether oxygens (including phenoxy) is 1. The number of alkyl carbamates (subject to hydrolysis) is 1. The summed E-state index contributed by atoms with van der Waals surface area (Å²) in [5, 5.41) is 3.10. The lowest BCUT2D eigenvalue weighted by molar-refractivity contribution is -0.143. The summed E-state index contributed by atoms with van der Waals surface area (Å²) in [6, 6.07) is 7.79. The van der Waals surface area contributed by atoms with Gasteiger partial charge in [0.25, 0.3) is 5.91 Å². The first-order chi connectivity index (χ1) is 16.3. The number of alkyl halides is 6. The van der Waals surface area contributed by atoms with Gasteiger partial charge in [-0.2, -0.15) is 26.3 Å². The highest BCUT2D eigenvalue weighted by Gasteiger charge is 2.49. The van der Waals surface area contributed by atoms with Crippen molar-refractivity contribution in [3.8, 4) is 0 Å². The Morgan fingerprint density at radius 1 is 1.00 bits per heavy atom. The number of hydrogen-bond acceptors (Lipinski definition) is 3. The minimum atomic E-state index is -5.06. The molecule has 188 valence electrons. The summed E-state index contributed by atoms with van der Waals surface area (Å²) < 4.78 is 84.8. The van der Waals surface area contributed by atoms with Gasteiger partial charge in [-0.15, -0.1) is 0 Å². The van der Waals surface area contributed by atoms with Crippen LogP contribution in [-0.4, -0.2) is 42.1 Å². The largest absolute Gasteiger partial charge is 0.442 e. The molecule has 2 aromatic carbocycles. The fourth-order valence-corrected chi connectivity index (χ4v) is 4.81. The van der Waals surface area contributed by atoms with Crippen molar-refractivity contribution in [1.29, 1.82) is 0 Å². The molecule has 2 saturated heterocycles. The molecule has 1 spiro atoms. The van der Waals surface area contributed by atoms with Crippen molar-refractivity contribution in [2.24, 2.45) is 0 Å². The van der Waals surface area contributed by atoms with Crippen LogP contribution >= 0.6 is 11.6 Å². The summed E-state index contributed by atoms with van der Waals surface area (Å²) in [7, 11) is 0. The molecule has 0 saturated carbocycles. The predicted octanol–water partition coefficient (Wildman–Crippen LogP) is 5.88. The van der Waals surface area contributed by atoms with Gasteiger partial charge in [0, 0.05) is 49.0 Å². The second-order valence-electron chi connectivity index (χ2n) is 8.53. The molecule has 0 aromatic heterocycles. The third kappa shape index (κ3) is 5.19. The number of carbonyl (C=O) groups is 2. The lowest BCUT2D eigenvalue weighted by Crippen LogP contribution is -2.58. The molecule has 2 amide bonds. The van der Waals surface area contributed by atoms with Crippen LogP contribution in [0, 0.1) is 0 Å². The molecule has 4 rings (SSSR count). The molecule has 1 N–H and O–H groups in total. The third-order valence-electron chi connectivity index (χ3n) is 6.36. The molecule has 5 nitrogen and oxygen atoms in total. The second kappa shape index (κ2) is 8.92. The molecular formula is C23H19ClF6N2O3. The number of halogens is 7. The molecular weight excluding hydrogens is 502 g/mol. The van der Waals surface area contributed by atoms with Crippen LogP contribution in [-0.2, 0) is 17.1 Å². The first-order valence-corrected chi connectivity index (χ1v) is 11.0. The molecule has 0 radical (unpaired) electrons. The summed E-state index contributed by atoms with van der Waals surface area (Å²) >= 11 is 6.10. The summed E-state index contributed by atoms with van der Waals surface area (Å²) in [6.45, 7) is 0.192. The van der Waals surface area contributed by atoms with Gasteiger partial charge in [-0.1, -0.05) is 23.7 Å². The zero-order chi connectivity index (χ0) is 25.6. The number of amides is 2. The van der Waals surface area contributed by atoms with Crippen LogP contribution in [0.5, 0.6) is 0 Å². The van der Waals surface area contributed by atoms with Gasteiger partial charge in [0.05, 0.1) is 11.1 Å². The smallest absolute Gasteiger partial charge is 0.416 e. The zero-order valence-electron chi connectivity index (χ0n) is 18.0. The van der Waals surface area contributed by atoms with Crippen LogP contribution in [0.3, 0.4) is 0 Å². The highest BCUT2D eigenvalue weighted by atomic mass is 35.5. The van der Waals surface area contributed by atoms with Crippen molar-refractivity contribution in [2.75, 3.05) is 19.6 Å². The SMILES string of the molecule is O=C1NCC(c2cccc(Cl)c2)C2(CCN(C(=O)c3cc(C(F)(F)F)cc(C(F)(F)F)c3)CC2)O1. The van der Waals surface area contributed by atoms with E-state index in [0.29, 0.717) is 17.2 Å². The lowest BCUT2D eigenvalue weighted by Gasteiger charge is -2.48. The van der Waals surface area contributed by atoms with Gasteiger partial charge >= 0.3 is 18.4 Å². The van der Waals surface area contributed by atoms with Crippen LogP contribution in [0.1, 0.15) is 45.8 Å². The molecule has 1 unspecified atom stereocenters. The maximum atomic E-state index is 13.2. The van der Waals surface area contributed by atoms with E-state index in [-0.39, 0.29) is 44.5 Å². The maximum Gasteiger partial charge on any atom is 0.416 e. The number of piperidine rings is 1. The molecule has 0 aliphatic carbocycles. The molecule has 35 heavy (non-hydrogen) atoms. The van der Waals surface area contributed by atoms with E-state index in [1.165, 1.54) is 4.90 Å². The number of nitrogens with one attached hydrogen (secondary N) is 1. The zero-order valence-corrected chi connectivity index (χ0v) is 18.7. The first kappa shape index (κ1) is 25.2. The highest BCUT2D eigenvalue weighted by Crippen LogP contribution is 2.43. The minimum Gasteiger partial charge on any atom is -0.442 e. The third-order valence-corrected chi connectivity index (χ3v) is 6.60. The van der Waals surface area contributed by atoms with Crippen LogP contribution in [0.15, 0.2) is 42.5 Å². The van der Waals surface area contributed by atoms with Crippen molar-refractivity contribution in [3.63, 3.8) is 0 Å². The van der Waals surface area contributed by atoms with E-state index in [1.54, 1.807) is 18.2 Å². The topological polar surface area (TPSA) is 58.6 Å². The highest BCUT2D eigenvalue weighted by molar-refractivity contribution is 6.30.